The molecule has 9 atom stereocenters. The van der Waals surface area contributed by atoms with Crippen molar-refractivity contribution in [2.45, 2.75) is 54.1 Å². The molecule has 0 saturated carbocycles. The Hall–Kier alpha value is 0.550. The fourth-order valence-corrected chi connectivity index (χ4v) is 3.37. The van der Waals surface area contributed by atoms with Gasteiger partial charge in [0.1, 0.15) is 36.6 Å². The highest BCUT2D eigenvalue weighted by atomic mass is 35.5. The largest absolute Gasteiger partial charge is 0.394 e. The average Bonchev–Trinajstić information content (AvgIpc) is 2.80. The van der Waals surface area contributed by atoms with E-state index in [9.17, 15) is 25.5 Å². The van der Waals surface area contributed by atoms with Gasteiger partial charge in [-0.25, -0.2) is 0 Å². The minimum absolute atomic E-state index is 0.125. The van der Waals surface area contributed by atoms with Crippen LogP contribution in [0.1, 0.15) is 0 Å². The summed E-state index contributed by atoms with van der Waals surface area (Å²) in [5.41, 5.74) is 0. The SMILES string of the molecule is OC[C@H]1O[C@H](O[C@]2(CCl)O[C@H](CCl)[C@@H](O)[C@@H]2O)[C@H](O)[C@@H](O)[C@@H]1Cl. The molecule has 0 aromatic rings. The van der Waals surface area contributed by atoms with E-state index in [1.807, 2.05) is 0 Å². The van der Waals surface area contributed by atoms with Gasteiger partial charge in [-0.2, -0.15) is 0 Å². The van der Waals surface area contributed by atoms with Crippen LogP contribution in [-0.4, -0.2) is 98.0 Å². The van der Waals surface area contributed by atoms with Crippen LogP contribution < -0.4 is 0 Å². The molecule has 2 heterocycles. The second kappa shape index (κ2) is 7.84. The van der Waals surface area contributed by atoms with Gasteiger partial charge in [0, 0.05) is 0 Å². The highest BCUT2D eigenvalue weighted by Gasteiger charge is 2.58. The molecule has 0 bridgehead atoms. The molecular weight excluding hydrogens is 378 g/mol. The summed E-state index contributed by atoms with van der Waals surface area (Å²) in [5, 5.41) is 48.1. The Balaban J connectivity index is 2.18. The second-order valence-electron chi connectivity index (χ2n) is 5.46. The van der Waals surface area contributed by atoms with E-state index < -0.39 is 66.6 Å². The number of rotatable bonds is 5. The smallest absolute Gasteiger partial charge is 0.214 e. The normalized spacial score (nSPS) is 51.1. The van der Waals surface area contributed by atoms with Crippen molar-refractivity contribution in [2.24, 2.45) is 0 Å². The molecule has 2 aliphatic rings. The highest BCUT2D eigenvalue weighted by molar-refractivity contribution is 6.21. The molecule has 0 aromatic heterocycles. The number of aliphatic hydroxyl groups is 5. The lowest BCUT2D eigenvalue weighted by atomic mass is 10.0. The lowest BCUT2D eigenvalue weighted by Gasteiger charge is -2.43. The molecule has 0 aromatic carbocycles. The Morgan fingerprint density at radius 3 is 2.13 bits per heavy atom. The van der Waals surface area contributed by atoms with E-state index in [-0.39, 0.29) is 5.88 Å². The summed E-state index contributed by atoms with van der Waals surface area (Å²) >= 11 is 17.3. The topological polar surface area (TPSA) is 129 Å². The third-order valence-corrected chi connectivity index (χ3v) is 5.17. The molecule has 23 heavy (non-hydrogen) atoms. The number of halogens is 3. The van der Waals surface area contributed by atoms with Crippen molar-refractivity contribution >= 4 is 34.8 Å². The van der Waals surface area contributed by atoms with E-state index in [1.165, 1.54) is 0 Å². The highest BCUT2D eigenvalue weighted by Crippen LogP contribution is 2.37. The Labute approximate surface area is 147 Å². The maximum Gasteiger partial charge on any atom is 0.214 e. The first-order valence-electron chi connectivity index (χ1n) is 6.91. The van der Waals surface area contributed by atoms with Gasteiger partial charge in [0.25, 0.3) is 0 Å². The molecule has 0 radical (unpaired) electrons. The fourth-order valence-electron chi connectivity index (χ4n) is 2.56. The molecule has 0 spiro atoms. The van der Waals surface area contributed by atoms with Gasteiger partial charge in [-0.15, -0.1) is 34.8 Å². The number of aliphatic hydroxyl groups excluding tert-OH is 5. The molecule has 0 unspecified atom stereocenters. The second-order valence-corrected chi connectivity index (χ2v) is 6.54. The van der Waals surface area contributed by atoms with Gasteiger partial charge in [-0.05, 0) is 0 Å². The summed E-state index contributed by atoms with van der Waals surface area (Å²) in [6, 6.07) is 0. The number of ether oxygens (including phenoxy) is 3. The summed E-state index contributed by atoms with van der Waals surface area (Å²) < 4.78 is 16.1. The van der Waals surface area contributed by atoms with Crippen LogP contribution in [0.15, 0.2) is 0 Å². The molecule has 2 aliphatic heterocycles. The summed E-state index contributed by atoms with van der Waals surface area (Å²) in [7, 11) is 0. The quantitative estimate of drug-likeness (QED) is 0.349. The van der Waals surface area contributed by atoms with Crippen molar-refractivity contribution in [2.75, 3.05) is 18.4 Å². The number of alkyl halides is 3. The molecule has 0 amide bonds. The van der Waals surface area contributed by atoms with Crippen LogP contribution >= 0.6 is 34.8 Å². The summed E-state index contributed by atoms with van der Waals surface area (Å²) in [5.74, 6) is -2.43. The Bertz CT molecular complexity index is 403. The third-order valence-electron chi connectivity index (χ3n) is 3.96. The van der Waals surface area contributed by atoms with Crippen molar-refractivity contribution in [3.05, 3.63) is 0 Å². The molecule has 8 nitrogen and oxygen atoms in total. The van der Waals surface area contributed by atoms with Crippen molar-refractivity contribution in [3.63, 3.8) is 0 Å². The molecule has 2 rings (SSSR count). The Morgan fingerprint density at radius 1 is 1.00 bits per heavy atom. The van der Waals surface area contributed by atoms with Crippen molar-refractivity contribution in [1.29, 1.82) is 0 Å². The van der Waals surface area contributed by atoms with Crippen LogP contribution in [0.25, 0.3) is 0 Å². The Morgan fingerprint density at radius 2 is 1.65 bits per heavy atom. The first kappa shape index (κ1) is 19.9. The van der Waals surface area contributed by atoms with Crippen LogP contribution in [0.2, 0.25) is 0 Å². The van der Waals surface area contributed by atoms with Crippen LogP contribution in [0.4, 0.5) is 0 Å². The molecule has 5 N–H and O–H groups in total. The van der Waals surface area contributed by atoms with Crippen LogP contribution in [-0.2, 0) is 14.2 Å². The zero-order valence-corrected chi connectivity index (χ0v) is 14.1. The monoisotopic (exact) mass is 396 g/mol. The molecule has 2 fully saturated rings. The molecule has 136 valence electrons. The minimum Gasteiger partial charge on any atom is -0.394 e. The van der Waals surface area contributed by atoms with E-state index in [4.69, 9.17) is 49.0 Å². The predicted molar refractivity (Wildman–Crippen MR) is 79.5 cm³/mol. The maximum absolute atomic E-state index is 10.1. The number of hydrogen-bond donors (Lipinski definition) is 5. The summed E-state index contributed by atoms with van der Waals surface area (Å²) in [4.78, 5) is 0. The Kier molecular flexibility index (Phi) is 6.77. The molecular formula is C12H19Cl3O8. The van der Waals surface area contributed by atoms with E-state index in [1.54, 1.807) is 0 Å². The number of hydrogen-bond acceptors (Lipinski definition) is 8. The average molecular weight is 398 g/mol. The summed E-state index contributed by atoms with van der Waals surface area (Å²) in [6.45, 7) is -0.526. The van der Waals surface area contributed by atoms with Gasteiger partial charge in [-0.3, -0.25) is 0 Å². The van der Waals surface area contributed by atoms with Crippen molar-refractivity contribution < 1.29 is 39.7 Å². The van der Waals surface area contributed by atoms with Gasteiger partial charge in [0.2, 0.25) is 5.79 Å². The van der Waals surface area contributed by atoms with Crippen LogP contribution in [0.3, 0.4) is 0 Å². The first-order valence-corrected chi connectivity index (χ1v) is 8.42. The minimum atomic E-state index is -1.90. The first-order chi connectivity index (χ1) is 10.8. The van der Waals surface area contributed by atoms with E-state index in [0.29, 0.717) is 0 Å². The predicted octanol–water partition coefficient (Wildman–Crippen LogP) is -1.66. The van der Waals surface area contributed by atoms with Crippen LogP contribution in [0, 0.1) is 0 Å². The lowest BCUT2D eigenvalue weighted by molar-refractivity contribution is -0.357. The molecule has 0 aliphatic carbocycles. The fraction of sp³-hybridized carbons (Fsp3) is 1.00. The van der Waals surface area contributed by atoms with Gasteiger partial charge < -0.3 is 39.7 Å². The standard InChI is InChI=1S/C12H19Cl3O8/c13-1-4-7(17)10(20)12(3-14,22-4)23-11-9(19)8(18)6(15)5(2-16)21-11/h4-11,16-20H,1-3H2/t4-,5-,6-,7-,8+,9-,10+,11-,12+/m1/s1. The van der Waals surface area contributed by atoms with Crippen molar-refractivity contribution in [1.82, 2.24) is 0 Å². The zero-order chi connectivity index (χ0) is 17.4. The van der Waals surface area contributed by atoms with Gasteiger partial charge in [0.15, 0.2) is 6.29 Å². The van der Waals surface area contributed by atoms with E-state index >= 15 is 0 Å². The van der Waals surface area contributed by atoms with E-state index in [0.717, 1.165) is 0 Å². The van der Waals surface area contributed by atoms with Crippen LogP contribution in [0.5, 0.6) is 0 Å². The van der Waals surface area contributed by atoms with Gasteiger partial charge in [-0.1, -0.05) is 0 Å². The zero-order valence-electron chi connectivity index (χ0n) is 11.8. The lowest BCUT2D eigenvalue weighted by Crippen LogP contribution is -2.61. The molecule has 2 saturated heterocycles. The van der Waals surface area contributed by atoms with Gasteiger partial charge in [0.05, 0.1) is 23.7 Å². The van der Waals surface area contributed by atoms with E-state index in [2.05, 4.69) is 0 Å². The summed E-state index contributed by atoms with van der Waals surface area (Å²) in [6.07, 6.45) is -9.39. The van der Waals surface area contributed by atoms with Crippen molar-refractivity contribution in [3.8, 4) is 0 Å². The van der Waals surface area contributed by atoms with Gasteiger partial charge >= 0.3 is 0 Å². The third kappa shape index (κ3) is 3.58. The maximum atomic E-state index is 10.1. The molecule has 11 heteroatoms.